The van der Waals surface area contributed by atoms with Crippen molar-refractivity contribution in [3.05, 3.63) is 59.9 Å². The van der Waals surface area contributed by atoms with Crippen LogP contribution in [0.1, 0.15) is 31.9 Å². The summed E-state index contributed by atoms with van der Waals surface area (Å²) in [5.74, 6) is -0.428. The zero-order valence-corrected chi connectivity index (χ0v) is 16.5. The van der Waals surface area contributed by atoms with E-state index in [1.54, 1.807) is 12.1 Å². The molecule has 1 amide bonds. The van der Waals surface area contributed by atoms with Gasteiger partial charge in [0.15, 0.2) is 5.16 Å². The van der Waals surface area contributed by atoms with Crippen molar-refractivity contribution in [3.8, 4) is 6.07 Å². The molecule has 0 bridgehead atoms. The van der Waals surface area contributed by atoms with Gasteiger partial charge in [-0.1, -0.05) is 36.0 Å². The molecule has 0 aliphatic heterocycles. The fourth-order valence-corrected chi connectivity index (χ4v) is 3.86. The highest BCUT2D eigenvalue weighted by Crippen LogP contribution is 2.28. The standard InChI is InChI=1S/C21H21FN4OS/c1-14(16-8-10-17(22)11-9-16)24-20(27)15(2)28-21-25-18-6-3-4-7-19(18)26(21)13-5-12-23/h3-4,6-11,14-15H,5,13H2,1-2H3,(H,24,27)/t14-,15+/m1/s1. The topological polar surface area (TPSA) is 70.7 Å². The van der Waals surface area contributed by atoms with Crippen LogP contribution in [-0.2, 0) is 11.3 Å². The van der Waals surface area contributed by atoms with Crippen LogP contribution in [0.4, 0.5) is 4.39 Å². The largest absolute Gasteiger partial charge is 0.349 e. The zero-order chi connectivity index (χ0) is 20.1. The van der Waals surface area contributed by atoms with Crippen LogP contribution in [0.2, 0.25) is 0 Å². The van der Waals surface area contributed by atoms with Gasteiger partial charge in [0.05, 0.1) is 34.8 Å². The Balaban J connectivity index is 1.73. The molecule has 0 unspecified atom stereocenters. The number of hydrogen-bond acceptors (Lipinski definition) is 4. The lowest BCUT2D eigenvalue weighted by molar-refractivity contribution is -0.120. The van der Waals surface area contributed by atoms with Gasteiger partial charge in [-0.3, -0.25) is 4.79 Å². The van der Waals surface area contributed by atoms with Gasteiger partial charge in [-0.2, -0.15) is 5.26 Å². The van der Waals surface area contributed by atoms with Crippen molar-refractivity contribution in [3.63, 3.8) is 0 Å². The molecule has 2 atom stereocenters. The van der Waals surface area contributed by atoms with Gasteiger partial charge in [0, 0.05) is 6.54 Å². The van der Waals surface area contributed by atoms with Gasteiger partial charge in [0.1, 0.15) is 5.82 Å². The lowest BCUT2D eigenvalue weighted by atomic mass is 10.1. The Morgan fingerprint density at radius 2 is 1.96 bits per heavy atom. The highest BCUT2D eigenvalue weighted by Gasteiger charge is 2.21. The van der Waals surface area contributed by atoms with E-state index in [-0.39, 0.29) is 23.0 Å². The molecule has 0 aliphatic rings. The van der Waals surface area contributed by atoms with E-state index < -0.39 is 0 Å². The fourth-order valence-electron chi connectivity index (χ4n) is 2.90. The number of nitrogens with zero attached hydrogens (tertiary/aromatic N) is 3. The van der Waals surface area contributed by atoms with E-state index in [0.29, 0.717) is 18.1 Å². The van der Waals surface area contributed by atoms with Crippen molar-refractivity contribution >= 4 is 28.7 Å². The van der Waals surface area contributed by atoms with Crippen molar-refractivity contribution in [1.82, 2.24) is 14.9 Å². The van der Waals surface area contributed by atoms with Crippen LogP contribution in [0.25, 0.3) is 11.0 Å². The number of aryl methyl sites for hydroxylation is 1. The average Bonchev–Trinajstić information content (AvgIpc) is 3.03. The summed E-state index contributed by atoms with van der Waals surface area (Å²) in [5, 5.41) is 12.2. The van der Waals surface area contributed by atoms with E-state index >= 15 is 0 Å². The molecule has 144 valence electrons. The minimum Gasteiger partial charge on any atom is -0.349 e. The van der Waals surface area contributed by atoms with E-state index in [0.717, 1.165) is 16.6 Å². The minimum atomic E-state index is -0.374. The summed E-state index contributed by atoms with van der Waals surface area (Å²) in [6.07, 6.45) is 0.371. The first-order chi connectivity index (χ1) is 13.5. The highest BCUT2D eigenvalue weighted by atomic mass is 32.2. The normalized spacial score (nSPS) is 13.1. The van der Waals surface area contributed by atoms with E-state index in [1.807, 2.05) is 42.7 Å². The number of imidazole rings is 1. The molecular formula is C21H21FN4OS. The van der Waals surface area contributed by atoms with Crippen molar-refractivity contribution in [2.75, 3.05) is 0 Å². The summed E-state index contributed by atoms with van der Waals surface area (Å²) >= 11 is 1.36. The Morgan fingerprint density at radius 3 is 2.68 bits per heavy atom. The van der Waals surface area contributed by atoms with Crippen LogP contribution in [0.15, 0.2) is 53.7 Å². The molecule has 7 heteroatoms. The maximum absolute atomic E-state index is 13.1. The first kappa shape index (κ1) is 19.9. The number of carbonyl (C=O) groups excluding carboxylic acids is 1. The van der Waals surface area contributed by atoms with Crippen molar-refractivity contribution < 1.29 is 9.18 Å². The molecule has 0 saturated heterocycles. The monoisotopic (exact) mass is 396 g/mol. The number of benzene rings is 2. The van der Waals surface area contributed by atoms with Crippen molar-refractivity contribution in [1.29, 1.82) is 5.26 Å². The predicted molar refractivity (Wildman–Crippen MR) is 108 cm³/mol. The zero-order valence-electron chi connectivity index (χ0n) is 15.7. The molecule has 5 nitrogen and oxygen atoms in total. The Hall–Kier alpha value is -2.85. The number of para-hydroxylation sites is 2. The molecule has 1 heterocycles. The van der Waals surface area contributed by atoms with Crippen LogP contribution in [0.3, 0.4) is 0 Å². The number of thioether (sulfide) groups is 1. The maximum Gasteiger partial charge on any atom is 0.233 e. The Morgan fingerprint density at radius 1 is 1.25 bits per heavy atom. The lowest BCUT2D eigenvalue weighted by Crippen LogP contribution is -2.33. The summed E-state index contributed by atoms with van der Waals surface area (Å²) in [5.41, 5.74) is 2.64. The molecule has 1 aromatic heterocycles. The number of aromatic nitrogens is 2. The van der Waals surface area contributed by atoms with Crippen LogP contribution in [-0.4, -0.2) is 20.7 Å². The highest BCUT2D eigenvalue weighted by molar-refractivity contribution is 8.00. The molecule has 28 heavy (non-hydrogen) atoms. The molecule has 0 radical (unpaired) electrons. The van der Waals surface area contributed by atoms with Gasteiger partial charge >= 0.3 is 0 Å². The smallest absolute Gasteiger partial charge is 0.233 e. The second-order valence-corrected chi connectivity index (χ2v) is 7.79. The minimum absolute atomic E-state index is 0.124. The molecule has 1 N–H and O–H groups in total. The Bertz CT molecular complexity index is 1010. The SMILES string of the molecule is C[C@H](Sc1nc2ccccc2n1CCC#N)C(=O)N[C@H](C)c1ccc(F)cc1. The second kappa shape index (κ2) is 8.89. The van der Waals surface area contributed by atoms with Gasteiger partial charge in [0.25, 0.3) is 0 Å². The van der Waals surface area contributed by atoms with Crippen LogP contribution in [0, 0.1) is 17.1 Å². The molecule has 0 spiro atoms. The molecule has 2 aromatic carbocycles. The predicted octanol–water partition coefficient (Wildman–Crippen LogP) is 4.45. The van der Waals surface area contributed by atoms with Gasteiger partial charge in [0.2, 0.25) is 5.91 Å². The Labute approximate surface area is 167 Å². The maximum atomic E-state index is 13.1. The van der Waals surface area contributed by atoms with E-state index in [4.69, 9.17) is 5.26 Å². The van der Waals surface area contributed by atoms with Crippen LogP contribution < -0.4 is 5.32 Å². The number of hydrogen-bond donors (Lipinski definition) is 1. The molecular weight excluding hydrogens is 375 g/mol. The van der Waals surface area contributed by atoms with Gasteiger partial charge in [-0.25, -0.2) is 9.37 Å². The summed E-state index contributed by atoms with van der Waals surface area (Å²) in [4.78, 5) is 17.3. The number of carbonyl (C=O) groups is 1. The van der Waals surface area contributed by atoms with Crippen molar-refractivity contribution in [2.24, 2.45) is 0 Å². The third-order valence-corrected chi connectivity index (χ3v) is 5.54. The first-order valence-corrected chi connectivity index (χ1v) is 9.92. The van der Waals surface area contributed by atoms with Crippen molar-refractivity contribution in [2.45, 2.75) is 43.3 Å². The number of fused-ring (bicyclic) bond motifs is 1. The second-order valence-electron chi connectivity index (χ2n) is 6.48. The van der Waals surface area contributed by atoms with E-state index in [2.05, 4.69) is 16.4 Å². The first-order valence-electron chi connectivity index (χ1n) is 9.04. The van der Waals surface area contributed by atoms with E-state index in [1.165, 1.54) is 23.9 Å². The third kappa shape index (κ3) is 4.52. The number of rotatable bonds is 7. The number of nitriles is 1. The average molecular weight is 396 g/mol. The number of amides is 1. The van der Waals surface area contributed by atoms with Gasteiger partial charge in [-0.05, 0) is 43.7 Å². The summed E-state index contributed by atoms with van der Waals surface area (Å²) in [6.45, 7) is 4.22. The lowest BCUT2D eigenvalue weighted by Gasteiger charge is -2.18. The molecule has 0 fully saturated rings. The quantitative estimate of drug-likeness (QED) is 0.599. The third-order valence-electron chi connectivity index (χ3n) is 4.45. The molecule has 3 rings (SSSR count). The molecule has 0 saturated carbocycles. The fraction of sp³-hybridized carbons (Fsp3) is 0.286. The summed E-state index contributed by atoms with van der Waals surface area (Å²) < 4.78 is 15.1. The summed E-state index contributed by atoms with van der Waals surface area (Å²) in [7, 11) is 0. The van der Waals surface area contributed by atoms with Gasteiger partial charge < -0.3 is 9.88 Å². The Kier molecular flexibility index (Phi) is 6.32. The van der Waals surface area contributed by atoms with Gasteiger partial charge in [-0.15, -0.1) is 0 Å². The molecule has 3 aromatic rings. The number of nitrogens with one attached hydrogen (secondary N) is 1. The van der Waals surface area contributed by atoms with E-state index in [9.17, 15) is 9.18 Å². The van der Waals surface area contributed by atoms with Crippen LogP contribution in [0.5, 0.6) is 0 Å². The van der Waals surface area contributed by atoms with Crippen LogP contribution >= 0.6 is 11.8 Å². The number of halogens is 1. The summed E-state index contributed by atoms with van der Waals surface area (Å²) in [6, 6.07) is 15.8. The molecule has 0 aliphatic carbocycles.